The molecular weight excluding hydrogens is 214 g/mol. The van der Waals surface area contributed by atoms with Crippen molar-refractivity contribution in [1.29, 1.82) is 5.26 Å². The molecule has 0 saturated carbocycles. The van der Waals surface area contributed by atoms with Crippen LogP contribution in [-0.2, 0) is 0 Å². The summed E-state index contributed by atoms with van der Waals surface area (Å²) in [5, 5.41) is 8.65. The van der Waals surface area contributed by atoms with Crippen LogP contribution >= 0.6 is 0 Å². The minimum absolute atomic E-state index is 0.0814. The van der Waals surface area contributed by atoms with Crippen LogP contribution in [0.1, 0.15) is 29.9 Å². The Morgan fingerprint density at radius 1 is 1.65 bits per heavy atom. The summed E-state index contributed by atoms with van der Waals surface area (Å²) in [7, 11) is 0. The molecule has 0 fully saturated rings. The van der Waals surface area contributed by atoms with Gasteiger partial charge in [-0.1, -0.05) is 6.08 Å². The molecule has 0 aliphatic carbocycles. The highest BCUT2D eigenvalue weighted by Crippen LogP contribution is 2.07. The topological polar surface area (TPSA) is 57.0 Å². The van der Waals surface area contributed by atoms with Gasteiger partial charge in [0, 0.05) is 18.8 Å². The third kappa shape index (κ3) is 3.15. The third-order valence-corrected chi connectivity index (χ3v) is 2.32. The molecule has 1 heterocycles. The second-order valence-corrected chi connectivity index (χ2v) is 3.88. The number of carbonyl (C=O) groups is 1. The van der Waals surface area contributed by atoms with Gasteiger partial charge in [-0.2, -0.15) is 5.26 Å². The molecule has 4 heteroatoms. The highest BCUT2D eigenvalue weighted by atomic mass is 16.2. The molecule has 0 saturated heterocycles. The molecule has 0 aliphatic heterocycles. The standard InChI is InChI=1S/C13H15N3O/c1-4-7-16(10(2)3)13(17)12-6-5-11(8-14)9-15-12/h4-6,9-10H,1,7H2,2-3H3. The first kappa shape index (κ1) is 12.9. The number of nitrogens with zero attached hydrogens (tertiary/aromatic N) is 3. The van der Waals surface area contributed by atoms with Gasteiger partial charge in [0.25, 0.3) is 5.91 Å². The van der Waals surface area contributed by atoms with E-state index in [1.54, 1.807) is 23.1 Å². The molecular formula is C13H15N3O. The molecule has 0 bridgehead atoms. The fourth-order valence-corrected chi connectivity index (χ4v) is 1.40. The van der Waals surface area contributed by atoms with Gasteiger partial charge in [0.15, 0.2) is 0 Å². The van der Waals surface area contributed by atoms with Gasteiger partial charge in [-0.3, -0.25) is 4.79 Å². The number of hydrogen-bond donors (Lipinski definition) is 0. The van der Waals surface area contributed by atoms with E-state index in [1.165, 1.54) is 6.20 Å². The second kappa shape index (κ2) is 5.80. The zero-order valence-corrected chi connectivity index (χ0v) is 10.1. The predicted octanol–water partition coefficient (Wildman–Crippen LogP) is 1.99. The minimum atomic E-state index is -0.149. The molecule has 88 valence electrons. The summed E-state index contributed by atoms with van der Waals surface area (Å²) in [6, 6.07) is 5.21. The number of carbonyl (C=O) groups excluding carboxylic acids is 1. The summed E-state index contributed by atoms with van der Waals surface area (Å²) >= 11 is 0. The smallest absolute Gasteiger partial charge is 0.272 e. The van der Waals surface area contributed by atoms with E-state index in [1.807, 2.05) is 19.9 Å². The van der Waals surface area contributed by atoms with Gasteiger partial charge in [-0.25, -0.2) is 4.98 Å². The SMILES string of the molecule is C=CCN(C(=O)c1ccc(C#N)cn1)C(C)C. The lowest BCUT2D eigenvalue weighted by Crippen LogP contribution is -2.37. The zero-order chi connectivity index (χ0) is 12.8. The molecule has 0 spiro atoms. The largest absolute Gasteiger partial charge is 0.331 e. The van der Waals surface area contributed by atoms with Crippen molar-refractivity contribution in [2.75, 3.05) is 6.54 Å². The van der Waals surface area contributed by atoms with Crippen LogP contribution < -0.4 is 0 Å². The van der Waals surface area contributed by atoms with Crippen molar-refractivity contribution in [3.63, 3.8) is 0 Å². The number of rotatable bonds is 4. The van der Waals surface area contributed by atoms with Crippen molar-refractivity contribution in [3.8, 4) is 6.07 Å². The molecule has 0 aliphatic rings. The van der Waals surface area contributed by atoms with E-state index >= 15 is 0 Å². The number of nitriles is 1. The lowest BCUT2D eigenvalue weighted by atomic mass is 10.2. The lowest BCUT2D eigenvalue weighted by Gasteiger charge is -2.24. The molecule has 17 heavy (non-hydrogen) atoms. The summed E-state index contributed by atoms with van der Waals surface area (Å²) in [5.41, 5.74) is 0.793. The first-order chi connectivity index (χ1) is 8.10. The van der Waals surface area contributed by atoms with E-state index in [9.17, 15) is 4.79 Å². The molecule has 0 unspecified atom stereocenters. The van der Waals surface area contributed by atoms with Crippen LogP contribution in [0.4, 0.5) is 0 Å². The maximum Gasteiger partial charge on any atom is 0.272 e. The normalized spacial score (nSPS) is 9.76. The van der Waals surface area contributed by atoms with Crippen molar-refractivity contribution in [3.05, 3.63) is 42.2 Å². The van der Waals surface area contributed by atoms with Gasteiger partial charge < -0.3 is 4.90 Å². The summed E-state index contributed by atoms with van der Waals surface area (Å²) in [6.07, 6.45) is 3.08. The Labute approximate surface area is 101 Å². The van der Waals surface area contributed by atoms with Crippen LogP contribution in [0.15, 0.2) is 31.0 Å². The van der Waals surface area contributed by atoms with Crippen molar-refractivity contribution in [2.45, 2.75) is 19.9 Å². The monoisotopic (exact) mass is 229 g/mol. The van der Waals surface area contributed by atoms with Crippen molar-refractivity contribution in [1.82, 2.24) is 9.88 Å². The van der Waals surface area contributed by atoms with Crippen molar-refractivity contribution in [2.24, 2.45) is 0 Å². The zero-order valence-electron chi connectivity index (χ0n) is 10.1. The Hall–Kier alpha value is -2.15. The maximum absolute atomic E-state index is 12.1. The Morgan fingerprint density at radius 3 is 2.76 bits per heavy atom. The van der Waals surface area contributed by atoms with E-state index in [-0.39, 0.29) is 11.9 Å². The number of hydrogen-bond acceptors (Lipinski definition) is 3. The van der Waals surface area contributed by atoms with E-state index in [0.717, 1.165) is 0 Å². The van der Waals surface area contributed by atoms with E-state index in [0.29, 0.717) is 17.8 Å². The highest BCUT2D eigenvalue weighted by Gasteiger charge is 2.18. The van der Waals surface area contributed by atoms with Crippen LogP contribution in [-0.4, -0.2) is 28.4 Å². The molecule has 0 N–H and O–H groups in total. The fraction of sp³-hybridized carbons (Fsp3) is 0.308. The fourth-order valence-electron chi connectivity index (χ4n) is 1.40. The predicted molar refractivity (Wildman–Crippen MR) is 65.3 cm³/mol. The summed E-state index contributed by atoms with van der Waals surface area (Å²) in [5.74, 6) is -0.149. The molecule has 1 rings (SSSR count). The molecule has 1 aromatic rings. The average Bonchev–Trinajstić information content (AvgIpc) is 2.35. The summed E-state index contributed by atoms with van der Waals surface area (Å²) in [6.45, 7) is 7.98. The van der Waals surface area contributed by atoms with E-state index in [2.05, 4.69) is 11.6 Å². The van der Waals surface area contributed by atoms with Gasteiger partial charge in [-0.05, 0) is 26.0 Å². The Kier molecular flexibility index (Phi) is 4.41. The first-order valence-corrected chi connectivity index (χ1v) is 5.38. The number of pyridine rings is 1. The Morgan fingerprint density at radius 2 is 2.35 bits per heavy atom. The average molecular weight is 229 g/mol. The van der Waals surface area contributed by atoms with Crippen molar-refractivity contribution < 1.29 is 4.79 Å². The van der Waals surface area contributed by atoms with Crippen LogP contribution in [0.3, 0.4) is 0 Å². The highest BCUT2D eigenvalue weighted by molar-refractivity contribution is 5.92. The number of amides is 1. The number of aromatic nitrogens is 1. The van der Waals surface area contributed by atoms with Gasteiger partial charge in [0.05, 0.1) is 5.56 Å². The van der Waals surface area contributed by atoms with Gasteiger partial charge >= 0.3 is 0 Å². The van der Waals surface area contributed by atoms with Crippen molar-refractivity contribution >= 4 is 5.91 Å². The molecule has 0 radical (unpaired) electrons. The van der Waals surface area contributed by atoms with Crippen LogP contribution in [0.2, 0.25) is 0 Å². The van der Waals surface area contributed by atoms with Crippen LogP contribution in [0.25, 0.3) is 0 Å². The third-order valence-electron chi connectivity index (χ3n) is 2.32. The Balaban J connectivity index is 2.93. The summed E-state index contributed by atoms with van der Waals surface area (Å²) < 4.78 is 0. The maximum atomic E-state index is 12.1. The van der Waals surface area contributed by atoms with Crippen LogP contribution in [0, 0.1) is 11.3 Å². The summed E-state index contributed by atoms with van der Waals surface area (Å²) in [4.78, 5) is 17.8. The second-order valence-electron chi connectivity index (χ2n) is 3.88. The van der Waals surface area contributed by atoms with Crippen LogP contribution in [0.5, 0.6) is 0 Å². The minimum Gasteiger partial charge on any atom is -0.331 e. The Bertz CT molecular complexity index is 443. The van der Waals surface area contributed by atoms with E-state index < -0.39 is 0 Å². The molecule has 4 nitrogen and oxygen atoms in total. The quantitative estimate of drug-likeness (QED) is 0.742. The lowest BCUT2D eigenvalue weighted by molar-refractivity contribution is 0.0723. The first-order valence-electron chi connectivity index (χ1n) is 5.38. The molecule has 0 atom stereocenters. The van der Waals surface area contributed by atoms with Gasteiger partial charge in [-0.15, -0.1) is 6.58 Å². The molecule has 1 amide bonds. The molecule has 1 aromatic heterocycles. The van der Waals surface area contributed by atoms with E-state index in [4.69, 9.17) is 5.26 Å². The molecule has 0 aromatic carbocycles. The van der Waals surface area contributed by atoms with Gasteiger partial charge in [0.1, 0.15) is 11.8 Å². The van der Waals surface area contributed by atoms with Gasteiger partial charge in [0.2, 0.25) is 0 Å².